The summed E-state index contributed by atoms with van der Waals surface area (Å²) in [6, 6.07) is 0. The van der Waals surface area contributed by atoms with E-state index in [0.29, 0.717) is 0 Å². The first-order chi connectivity index (χ1) is 6.75. The van der Waals surface area contributed by atoms with E-state index in [1.807, 2.05) is 23.3 Å². The van der Waals surface area contributed by atoms with Crippen LogP contribution >= 0.6 is 27.3 Å². The van der Waals surface area contributed by atoms with Gasteiger partial charge in [-0.3, -0.25) is 4.68 Å². The number of thiazole rings is 1. The van der Waals surface area contributed by atoms with Gasteiger partial charge in [0.2, 0.25) is 0 Å². The molecular formula is C9H10BrN3S. The maximum absolute atomic E-state index is 4.21. The minimum Gasteiger partial charge on any atom is -0.271 e. The zero-order chi connectivity index (χ0) is 9.97. The number of rotatable bonds is 3. The van der Waals surface area contributed by atoms with E-state index in [4.69, 9.17) is 0 Å². The van der Waals surface area contributed by atoms with E-state index >= 15 is 0 Å². The molecule has 0 aliphatic heterocycles. The number of hydrogen-bond acceptors (Lipinski definition) is 3. The van der Waals surface area contributed by atoms with Gasteiger partial charge in [0, 0.05) is 24.0 Å². The Morgan fingerprint density at radius 3 is 3.00 bits per heavy atom. The zero-order valence-electron chi connectivity index (χ0n) is 7.77. The van der Waals surface area contributed by atoms with Crippen LogP contribution in [0.15, 0.2) is 22.4 Å². The fourth-order valence-electron chi connectivity index (χ4n) is 1.24. The highest BCUT2D eigenvalue weighted by molar-refractivity contribution is 9.10. The highest BCUT2D eigenvalue weighted by Gasteiger charge is 2.02. The second-order valence-corrected chi connectivity index (χ2v) is 4.89. The van der Waals surface area contributed by atoms with Crippen LogP contribution in [-0.4, -0.2) is 14.8 Å². The Labute approximate surface area is 94.9 Å². The smallest absolute Gasteiger partial charge is 0.0797 e. The summed E-state index contributed by atoms with van der Waals surface area (Å²) in [6.45, 7) is 2.96. The molecule has 0 radical (unpaired) electrons. The molecule has 2 aromatic heterocycles. The maximum Gasteiger partial charge on any atom is 0.0797 e. The van der Waals surface area contributed by atoms with Gasteiger partial charge in [0.05, 0.1) is 21.9 Å². The van der Waals surface area contributed by atoms with Crippen molar-refractivity contribution < 1.29 is 0 Å². The highest BCUT2D eigenvalue weighted by atomic mass is 79.9. The molecule has 2 heterocycles. The van der Waals surface area contributed by atoms with Crippen LogP contribution in [0.5, 0.6) is 0 Å². The number of hydrogen-bond donors (Lipinski definition) is 0. The zero-order valence-corrected chi connectivity index (χ0v) is 10.2. The average Bonchev–Trinajstić information content (AvgIpc) is 2.72. The lowest BCUT2D eigenvalue weighted by Crippen LogP contribution is -2.01. The standard InChI is InChI=1S/C9H10BrN3S/c1-7-9(14-6-11-7)2-3-13-5-8(10)4-12-13/h4-6H,2-3H2,1H3. The molecule has 0 N–H and O–H groups in total. The molecule has 2 rings (SSSR count). The van der Waals surface area contributed by atoms with Gasteiger partial charge in [0.15, 0.2) is 0 Å². The Kier molecular flexibility index (Phi) is 2.98. The Bertz CT molecular complexity index is 421. The predicted molar refractivity (Wildman–Crippen MR) is 60.5 cm³/mol. The minimum absolute atomic E-state index is 0.911. The summed E-state index contributed by atoms with van der Waals surface area (Å²) >= 11 is 5.08. The van der Waals surface area contributed by atoms with Crippen molar-refractivity contribution in [2.75, 3.05) is 0 Å². The van der Waals surface area contributed by atoms with Gasteiger partial charge in [-0.1, -0.05) is 0 Å². The van der Waals surface area contributed by atoms with Gasteiger partial charge in [-0.25, -0.2) is 4.98 Å². The van der Waals surface area contributed by atoms with Crippen molar-refractivity contribution in [1.29, 1.82) is 0 Å². The fourth-order valence-corrected chi connectivity index (χ4v) is 2.34. The molecular weight excluding hydrogens is 262 g/mol. The van der Waals surface area contributed by atoms with Crippen LogP contribution in [0.3, 0.4) is 0 Å². The van der Waals surface area contributed by atoms with Gasteiger partial charge >= 0.3 is 0 Å². The second kappa shape index (κ2) is 4.23. The van der Waals surface area contributed by atoms with Gasteiger partial charge in [0.25, 0.3) is 0 Å². The van der Waals surface area contributed by atoms with Crippen LogP contribution in [0.25, 0.3) is 0 Å². The van der Waals surface area contributed by atoms with Crippen LogP contribution in [0.4, 0.5) is 0 Å². The summed E-state index contributed by atoms with van der Waals surface area (Å²) in [5, 5.41) is 4.20. The third-order valence-electron chi connectivity index (χ3n) is 2.01. The molecule has 0 spiro atoms. The van der Waals surface area contributed by atoms with Gasteiger partial charge in [-0.05, 0) is 22.9 Å². The number of aryl methyl sites for hydroxylation is 3. The summed E-state index contributed by atoms with van der Waals surface area (Å²) < 4.78 is 2.96. The van der Waals surface area contributed by atoms with Crippen LogP contribution < -0.4 is 0 Å². The Morgan fingerprint density at radius 2 is 2.43 bits per heavy atom. The molecule has 5 heteroatoms. The SMILES string of the molecule is Cc1ncsc1CCn1cc(Br)cn1. The van der Waals surface area contributed by atoms with Crippen molar-refractivity contribution in [3.63, 3.8) is 0 Å². The molecule has 0 bridgehead atoms. The molecule has 3 nitrogen and oxygen atoms in total. The fraction of sp³-hybridized carbons (Fsp3) is 0.333. The molecule has 0 saturated carbocycles. The van der Waals surface area contributed by atoms with Gasteiger partial charge in [0.1, 0.15) is 0 Å². The van der Waals surface area contributed by atoms with Crippen LogP contribution in [0, 0.1) is 6.92 Å². The lowest BCUT2D eigenvalue weighted by molar-refractivity contribution is 0.616. The summed E-state index contributed by atoms with van der Waals surface area (Å²) in [4.78, 5) is 5.56. The first kappa shape index (κ1) is 9.86. The lowest BCUT2D eigenvalue weighted by atomic mass is 10.3. The minimum atomic E-state index is 0.911. The number of halogens is 1. The molecule has 0 unspecified atom stereocenters. The van der Waals surface area contributed by atoms with Crippen molar-refractivity contribution in [3.05, 3.63) is 32.9 Å². The molecule has 0 atom stereocenters. The molecule has 0 aromatic carbocycles. The van der Waals surface area contributed by atoms with Gasteiger partial charge < -0.3 is 0 Å². The Balaban J connectivity index is 1.98. The van der Waals surface area contributed by atoms with E-state index in [9.17, 15) is 0 Å². The van der Waals surface area contributed by atoms with E-state index < -0.39 is 0 Å². The van der Waals surface area contributed by atoms with Crippen molar-refractivity contribution in [2.45, 2.75) is 19.9 Å². The normalized spacial score (nSPS) is 10.7. The first-order valence-electron chi connectivity index (χ1n) is 4.32. The van der Waals surface area contributed by atoms with Crippen LogP contribution in [0.2, 0.25) is 0 Å². The van der Waals surface area contributed by atoms with Crippen molar-refractivity contribution in [3.8, 4) is 0 Å². The Morgan fingerprint density at radius 1 is 1.57 bits per heavy atom. The van der Waals surface area contributed by atoms with Gasteiger partial charge in [-0.2, -0.15) is 5.10 Å². The summed E-state index contributed by atoms with van der Waals surface area (Å²) in [7, 11) is 0. The third kappa shape index (κ3) is 2.22. The molecule has 2 aromatic rings. The summed E-state index contributed by atoms with van der Waals surface area (Å²) in [5.41, 5.74) is 3.03. The molecule has 74 valence electrons. The van der Waals surface area contributed by atoms with Crippen molar-refractivity contribution >= 4 is 27.3 Å². The molecule has 0 saturated heterocycles. The molecule has 0 aliphatic carbocycles. The monoisotopic (exact) mass is 271 g/mol. The number of aromatic nitrogens is 3. The van der Waals surface area contributed by atoms with E-state index in [-0.39, 0.29) is 0 Å². The first-order valence-corrected chi connectivity index (χ1v) is 6.00. The second-order valence-electron chi connectivity index (χ2n) is 3.03. The van der Waals surface area contributed by atoms with E-state index in [0.717, 1.165) is 23.1 Å². The quantitative estimate of drug-likeness (QED) is 0.860. The molecule has 0 aliphatic rings. The van der Waals surface area contributed by atoms with Crippen molar-refractivity contribution in [1.82, 2.24) is 14.8 Å². The van der Waals surface area contributed by atoms with Crippen LogP contribution in [-0.2, 0) is 13.0 Å². The van der Waals surface area contributed by atoms with E-state index in [1.54, 1.807) is 17.5 Å². The summed E-state index contributed by atoms with van der Waals surface area (Å²) in [5.74, 6) is 0. The van der Waals surface area contributed by atoms with E-state index in [2.05, 4.69) is 26.0 Å². The average molecular weight is 272 g/mol. The highest BCUT2D eigenvalue weighted by Crippen LogP contribution is 2.14. The predicted octanol–water partition coefficient (Wildman–Crippen LogP) is 2.65. The topological polar surface area (TPSA) is 30.7 Å². The maximum atomic E-state index is 4.21. The van der Waals surface area contributed by atoms with Crippen LogP contribution in [0.1, 0.15) is 10.6 Å². The van der Waals surface area contributed by atoms with E-state index in [1.165, 1.54) is 4.88 Å². The third-order valence-corrected chi connectivity index (χ3v) is 3.42. The summed E-state index contributed by atoms with van der Waals surface area (Å²) in [6.07, 6.45) is 4.79. The molecule has 0 fully saturated rings. The molecule has 0 amide bonds. The largest absolute Gasteiger partial charge is 0.271 e. The number of nitrogens with zero attached hydrogens (tertiary/aromatic N) is 3. The Hall–Kier alpha value is -0.680. The van der Waals surface area contributed by atoms with Gasteiger partial charge in [-0.15, -0.1) is 11.3 Å². The van der Waals surface area contributed by atoms with Crippen molar-refractivity contribution in [2.24, 2.45) is 0 Å². The lowest BCUT2D eigenvalue weighted by Gasteiger charge is -1.99. The molecule has 14 heavy (non-hydrogen) atoms.